The summed E-state index contributed by atoms with van der Waals surface area (Å²) < 4.78 is 0. The number of rotatable bonds is 3. The lowest BCUT2D eigenvalue weighted by molar-refractivity contribution is 0.868. The fourth-order valence-electron chi connectivity index (χ4n) is 2.06. The van der Waals surface area contributed by atoms with E-state index in [1.807, 2.05) is 6.07 Å². The first-order valence-electron chi connectivity index (χ1n) is 5.22. The van der Waals surface area contributed by atoms with Crippen LogP contribution in [-0.2, 0) is 13.0 Å². The van der Waals surface area contributed by atoms with E-state index < -0.39 is 0 Å². The van der Waals surface area contributed by atoms with E-state index in [4.69, 9.17) is 5.53 Å². The van der Waals surface area contributed by atoms with E-state index in [1.54, 1.807) is 0 Å². The molecule has 1 heterocycles. The Labute approximate surface area is 89.1 Å². The monoisotopic (exact) mass is 202 g/mol. The Morgan fingerprint density at radius 1 is 1.53 bits per heavy atom. The van der Waals surface area contributed by atoms with Crippen molar-refractivity contribution in [3.8, 4) is 0 Å². The molecule has 1 aliphatic heterocycles. The van der Waals surface area contributed by atoms with Gasteiger partial charge in [-0.2, -0.15) is 0 Å². The van der Waals surface area contributed by atoms with E-state index in [0.717, 1.165) is 25.1 Å². The van der Waals surface area contributed by atoms with Crippen molar-refractivity contribution in [3.05, 3.63) is 39.8 Å². The van der Waals surface area contributed by atoms with Crippen LogP contribution < -0.4 is 4.90 Å². The summed E-state index contributed by atoms with van der Waals surface area (Å²) in [5.74, 6) is 0. The smallest absolute Gasteiger partial charge is 0.0511 e. The number of fused-ring (bicyclic) bond motifs is 1. The second kappa shape index (κ2) is 4.24. The van der Waals surface area contributed by atoms with Crippen LogP contribution in [0.1, 0.15) is 18.1 Å². The maximum absolute atomic E-state index is 8.25. The summed E-state index contributed by atoms with van der Waals surface area (Å²) in [6.45, 7) is 4.79. The first-order chi connectivity index (χ1) is 7.35. The SMILES string of the molecule is CCN1CCc2cc(CN=[N+]=[N-])ccc21. The van der Waals surface area contributed by atoms with E-state index in [9.17, 15) is 0 Å². The van der Waals surface area contributed by atoms with E-state index in [-0.39, 0.29) is 0 Å². The summed E-state index contributed by atoms with van der Waals surface area (Å²) in [5, 5.41) is 3.57. The second-order valence-electron chi connectivity index (χ2n) is 3.68. The zero-order valence-electron chi connectivity index (χ0n) is 8.85. The van der Waals surface area contributed by atoms with E-state index in [1.165, 1.54) is 11.3 Å². The van der Waals surface area contributed by atoms with Crippen LogP contribution in [0.15, 0.2) is 23.3 Å². The van der Waals surface area contributed by atoms with Crippen molar-refractivity contribution >= 4 is 5.69 Å². The second-order valence-corrected chi connectivity index (χ2v) is 3.68. The normalized spacial score (nSPS) is 13.5. The number of anilines is 1. The molecule has 4 nitrogen and oxygen atoms in total. The standard InChI is InChI=1S/C11H14N4/c1-2-15-6-5-10-7-9(8-13-14-12)3-4-11(10)15/h3-4,7H,2,5-6,8H2,1H3. The lowest BCUT2D eigenvalue weighted by atomic mass is 10.1. The van der Waals surface area contributed by atoms with Crippen LogP contribution in [0.5, 0.6) is 0 Å². The molecule has 0 spiro atoms. The molecule has 1 aromatic rings. The molecule has 0 atom stereocenters. The van der Waals surface area contributed by atoms with Crippen molar-refractivity contribution in [1.82, 2.24) is 0 Å². The van der Waals surface area contributed by atoms with Crippen molar-refractivity contribution < 1.29 is 0 Å². The molecule has 0 N–H and O–H groups in total. The Morgan fingerprint density at radius 2 is 2.40 bits per heavy atom. The molecule has 4 heteroatoms. The number of benzene rings is 1. The third-order valence-corrected chi connectivity index (χ3v) is 2.83. The molecule has 0 radical (unpaired) electrons. The van der Waals surface area contributed by atoms with Gasteiger partial charge in [-0.05, 0) is 36.1 Å². The largest absolute Gasteiger partial charge is 0.371 e. The van der Waals surface area contributed by atoms with Gasteiger partial charge in [-0.1, -0.05) is 17.2 Å². The number of azide groups is 1. The Hall–Kier alpha value is -1.67. The van der Waals surface area contributed by atoms with Gasteiger partial charge in [0.25, 0.3) is 0 Å². The topological polar surface area (TPSA) is 52.0 Å². The summed E-state index contributed by atoms with van der Waals surface area (Å²) in [4.78, 5) is 5.14. The van der Waals surface area contributed by atoms with Crippen LogP contribution in [0.4, 0.5) is 5.69 Å². The van der Waals surface area contributed by atoms with Gasteiger partial charge in [0.15, 0.2) is 0 Å². The average molecular weight is 202 g/mol. The van der Waals surface area contributed by atoms with Crippen LogP contribution in [0, 0.1) is 0 Å². The molecular weight excluding hydrogens is 188 g/mol. The first-order valence-corrected chi connectivity index (χ1v) is 5.22. The Bertz CT molecular complexity index is 407. The Balaban J connectivity index is 2.24. The molecule has 0 amide bonds. The van der Waals surface area contributed by atoms with Gasteiger partial charge in [-0.15, -0.1) is 0 Å². The molecule has 0 saturated carbocycles. The van der Waals surface area contributed by atoms with Gasteiger partial charge in [-0.3, -0.25) is 0 Å². The predicted molar refractivity (Wildman–Crippen MR) is 60.9 cm³/mol. The highest BCUT2D eigenvalue weighted by molar-refractivity contribution is 5.58. The Morgan fingerprint density at radius 3 is 3.13 bits per heavy atom. The van der Waals surface area contributed by atoms with Crippen LogP contribution in [0.25, 0.3) is 10.4 Å². The van der Waals surface area contributed by atoms with Crippen molar-refractivity contribution in [2.75, 3.05) is 18.0 Å². The molecule has 0 bridgehead atoms. The minimum atomic E-state index is 0.454. The van der Waals surface area contributed by atoms with Gasteiger partial charge in [0.1, 0.15) is 0 Å². The van der Waals surface area contributed by atoms with Crippen LogP contribution in [0.2, 0.25) is 0 Å². The molecule has 1 aromatic carbocycles. The van der Waals surface area contributed by atoms with Gasteiger partial charge in [-0.25, -0.2) is 0 Å². The number of likely N-dealkylation sites (N-methyl/N-ethyl adjacent to an activating group) is 1. The summed E-state index contributed by atoms with van der Waals surface area (Å²) in [6, 6.07) is 6.33. The third-order valence-electron chi connectivity index (χ3n) is 2.83. The molecule has 2 rings (SSSR count). The van der Waals surface area contributed by atoms with Crippen molar-refractivity contribution in [1.29, 1.82) is 0 Å². The Kier molecular flexibility index (Phi) is 2.79. The molecule has 0 aromatic heterocycles. The number of hydrogen-bond acceptors (Lipinski definition) is 2. The van der Waals surface area contributed by atoms with Gasteiger partial charge in [0, 0.05) is 23.7 Å². The quantitative estimate of drug-likeness (QED) is 0.422. The highest BCUT2D eigenvalue weighted by Crippen LogP contribution is 2.28. The lowest BCUT2D eigenvalue weighted by Crippen LogP contribution is -2.18. The molecule has 78 valence electrons. The van der Waals surface area contributed by atoms with Crippen molar-refractivity contribution in [3.63, 3.8) is 0 Å². The van der Waals surface area contributed by atoms with Gasteiger partial charge >= 0.3 is 0 Å². The lowest BCUT2D eigenvalue weighted by Gasteiger charge is -2.16. The average Bonchev–Trinajstić information content (AvgIpc) is 2.68. The number of hydrogen-bond donors (Lipinski definition) is 0. The zero-order chi connectivity index (χ0) is 10.7. The maximum Gasteiger partial charge on any atom is 0.0511 e. The van der Waals surface area contributed by atoms with E-state index in [2.05, 4.69) is 34.0 Å². The van der Waals surface area contributed by atoms with Gasteiger partial charge in [0.2, 0.25) is 0 Å². The highest BCUT2D eigenvalue weighted by atomic mass is 15.1. The minimum Gasteiger partial charge on any atom is -0.371 e. The van der Waals surface area contributed by atoms with E-state index in [0.29, 0.717) is 6.54 Å². The molecule has 15 heavy (non-hydrogen) atoms. The van der Waals surface area contributed by atoms with E-state index >= 15 is 0 Å². The summed E-state index contributed by atoms with van der Waals surface area (Å²) in [6.07, 6.45) is 1.10. The molecular formula is C11H14N4. The van der Waals surface area contributed by atoms with Crippen LogP contribution in [-0.4, -0.2) is 13.1 Å². The van der Waals surface area contributed by atoms with Gasteiger partial charge in [0.05, 0.1) is 6.54 Å². The summed E-state index contributed by atoms with van der Waals surface area (Å²) in [7, 11) is 0. The van der Waals surface area contributed by atoms with Crippen molar-refractivity contribution in [2.45, 2.75) is 19.9 Å². The molecule has 1 aliphatic rings. The summed E-state index contributed by atoms with van der Waals surface area (Å²) in [5.41, 5.74) is 12.1. The van der Waals surface area contributed by atoms with Gasteiger partial charge < -0.3 is 4.90 Å². The molecule has 0 unspecified atom stereocenters. The molecule has 0 aliphatic carbocycles. The maximum atomic E-state index is 8.25. The fraction of sp³-hybridized carbons (Fsp3) is 0.455. The fourth-order valence-corrected chi connectivity index (χ4v) is 2.06. The highest BCUT2D eigenvalue weighted by Gasteiger charge is 2.16. The van der Waals surface area contributed by atoms with Crippen LogP contribution in [0.3, 0.4) is 0 Å². The van der Waals surface area contributed by atoms with Crippen molar-refractivity contribution in [2.24, 2.45) is 5.11 Å². The molecule has 0 fully saturated rings. The summed E-state index contributed by atoms with van der Waals surface area (Å²) >= 11 is 0. The molecule has 0 saturated heterocycles. The predicted octanol–water partition coefficient (Wildman–Crippen LogP) is 2.88. The number of nitrogens with zero attached hydrogens (tertiary/aromatic N) is 4. The zero-order valence-corrected chi connectivity index (χ0v) is 8.85. The minimum absolute atomic E-state index is 0.454. The van der Waals surface area contributed by atoms with Crippen LogP contribution >= 0.6 is 0 Å². The third kappa shape index (κ3) is 1.90. The first kappa shape index (κ1) is 9.87.